The standard InChI is InChI=1S/C17H18N2O3/c1-18(13-15-9-5-6-10-16(15)19(21)22)17(20)12-11-14-7-3-2-4-8-14/h2-10H,11-13H2,1H3. The summed E-state index contributed by atoms with van der Waals surface area (Å²) >= 11 is 0. The summed E-state index contributed by atoms with van der Waals surface area (Å²) in [5.41, 5.74) is 1.70. The number of hydrogen-bond acceptors (Lipinski definition) is 3. The summed E-state index contributed by atoms with van der Waals surface area (Å²) in [5.74, 6) is -0.0259. The summed E-state index contributed by atoms with van der Waals surface area (Å²) in [5, 5.41) is 11.0. The highest BCUT2D eigenvalue weighted by Crippen LogP contribution is 2.19. The summed E-state index contributed by atoms with van der Waals surface area (Å²) in [6.07, 6.45) is 1.06. The Hall–Kier alpha value is -2.69. The molecule has 0 saturated heterocycles. The molecule has 0 saturated carbocycles. The van der Waals surface area contributed by atoms with Crippen LogP contribution in [0.1, 0.15) is 17.5 Å². The van der Waals surface area contributed by atoms with Crippen molar-refractivity contribution in [3.63, 3.8) is 0 Å². The molecule has 0 N–H and O–H groups in total. The van der Waals surface area contributed by atoms with Crippen LogP contribution < -0.4 is 0 Å². The van der Waals surface area contributed by atoms with Crippen LogP contribution in [0.5, 0.6) is 0 Å². The van der Waals surface area contributed by atoms with Gasteiger partial charge < -0.3 is 4.90 Å². The minimum Gasteiger partial charge on any atom is -0.341 e. The van der Waals surface area contributed by atoms with Gasteiger partial charge in [0.15, 0.2) is 0 Å². The lowest BCUT2D eigenvalue weighted by Crippen LogP contribution is -2.26. The van der Waals surface area contributed by atoms with Gasteiger partial charge in [0.2, 0.25) is 5.91 Å². The smallest absolute Gasteiger partial charge is 0.274 e. The van der Waals surface area contributed by atoms with Crippen molar-refractivity contribution in [3.05, 3.63) is 75.8 Å². The highest BCUT2D eigenvalue weighted by atomic mass is 16.6. The molecule has 5 heteroatoms. The zero-order valence-electron chi connectivity index (χ0n) is 12.4. The first-order chi connectivity index (χ1) is 10.6. The molecule has 22 heavy (non-hydrogen) atoms. The Morgan fingerprint density at radius 3 is 2.41 bits per heavy atom. The lowest BCUT2D eigenvalue weighted by molar-refractivity contribution is -0.385. The maximum Gasteiger partial charge on any atom is 0.274 e. The molecular formula is C17H18N2O3. The van der Waals surface area contributed by atoms with E-state index in [1.54, 1.807) is 25.2 Å². The number of para-hydroxylation sites is 1. The third-order valence-corrected chi connectivity index (χ3v) is 3.49. The number of carbonyl (C=O) groups is 1. The van der Waals surface area contributed by atoms with Crippen LogP contribution in [0.2, 0.25) is 0 Å². The maximum absolute atomic E-state index is 12.2. The van der Waals surface area contributed by atoms with Crippen LogP contribution >= 0.6 is 0 Å². The highest BCUT2D eigenvalue weighted by Gasteiger charge is 2.16. The summed E-state index contributed by atoms with van der Waals surface area (Å²) in [6.45, 7) is 0.241. The molecular weight excluding hydrogens is 280 g/mol. The van der Waals surface area contributed by atoms with Gasteiger partial charge in [-0.1, -0.05) is 48.5 Å². The Balaban J connectivity index is 1.96. The molecule has 5 nitrogen and oxygen atoms in total. The second-order valence-electron chi connectivity index (χ2n) is 5.12. The van der Waals surface area contributed by atoms with E-state index in [2.05, 4.69) is 0 Å². The first-order valence-electron chi connectivity index (χ1n) is 7.08. The Labute approximate surface area is 129 Å². The van der Waals surface area contributed by atoms with Crippen molar-refractivity contribution >= 4 is 11.6 Å². The summed E-state index contributed by atoms with van der Waals surface area (Å²) in [7, 11) is 1.67. The molecule has 1 amide bonds. The van der Waals surface area contributed by atoms with Gasteiger partial charge in [0.05, 0.1) is 11.5 Å². The van der Waals surface area contributed by atoms with Gasteiger partial charge in [0.25, 0.3) is 5.69 Å². The van der Waals surface area contributed by atoms with Crippen LogP contribution in [-0.4, -0.2) is 22.8 Å². The van der Waals surface area contributed by atoms with Gasteiger partial charge in [-0.05, 0) is 12.0 Å². The molecule has 0 heterocycles. The van der Waals surface area contributed by atoms with E-state index in [1.807, 2.05) is 30.3 Å². The van der Waals surface area contributed by atoms with Gasteiger partial charge in [0, 0.05) is 25.1 Å². The SMILES string of the molecule is CN(Cc1ccccc1[N+](=O)[O-])C(=O)CCc1ccccc1. The molecule has 0 atom stereocenters. The van der Waals surface area contributed by atoms with Crippen molar-refractivity contribution in [2.24, 2.45) is 0 Å². The average Bonchev–Trinajstić information content (AvgIpc) is 2.53. The quantitative estimate of drug-likeness (QED) is 0.607. The molecule has 2 rings (SSSR count). The lowest BCUT2D eigenvalue weighted by atomic mass is 10.1. The van der Waals surface area contributed by atoms with Gasteiger partial charge >= 0.3 is 0 Å². The number of rotatable bonds is 6. The topological polar surface area (TPSA) is 63.4 Å². The number of carbonyl (C=O) groups excluding carboxylic acids is 1. The molecule has 2 aromatic rings. The van der Waals surface area contributed by atoms with E-state index in [-0.39, 0.29) is 18.1 Å². The van der Waals surface area contributed by atoms with Gasteiger partial charge in [-0.3, -0.25) is 14.9 Å². The zero-order valence-corrected chi connectivity index (χ0v) is 12.4. The van der Waals surface area contributed by atoms with E-state index >= 15 is 0 Å². The molecule has 114 valence electrons. The van der Waals surface area contributed by atoms with Crippen molar-refractivity contribution in [1.82, 2.24) is 4.90 Å². The first-order valence-corrected chi connectivity index (χ1v) is 7.08. The molecule has 0 unspecified atom stereocenters. The molecule has 0 fully saturated rings. The van der Waals surface area contributed by atoms with Gasteiger partial charge in [-0.15, -0.1) is 0 Å². The Morgan fingerprint density at radius 1 is 1.09 bits per heavy atom. The zero-order chi connectivity index (χ0) is 15.9. The van der Waals surface area contributed by atoms with Gasteiger partial charge in [0.1, 0.15) is 0 Å². The number of hydrogen-bond donors (Lipinski definition) is 0. The fraction of sp³-hybridized carbons (Fsp3) is 0.235. The van der Waals surface area contributed by atoms with E-state index in [4.69, 9.17) is 0 Å². The van der Waals surface area contributed by atoms with E-state index in [0.717, 1.165) is 5.56 Å². The largest absolute Gasteiger partial charge is 0.341 e. The van der Waals surface area contributed by atoms with E-state index in [1.165, 1.54) is 11.0 Å². The third-order valence-electron chi connectivity index (χ3n) is 3.49. The van der Waals surface area contributed by atoms with Crippen LogP contribution in [0.15, 0.2) is 54.6 Å². The molecule has 0 aliphatic carbocycles. The maximum atomic E-state index is 12.2. The predicted molar refractivity (Wildman–Crippen MR) is 84.3 cm³/mol. The van der Waals surface area contributed by atoms with Gasteiger partial charge in [-0.25, -0.2) is 0 Å². The normalized spacial score (nSPS) is 10.2. The third kappa shape index (κ3) is 4.15. The lowest BCUT2D eigenvalue weighted by Gasteiger charge is -2.17. The van der Waals surface area contributed by atoms with E-state index in [9.17, 15) is 14.9 Å². The van der Waals surface area contributed by atoms with Crippen molar-refractivity contribution < 1.29 is 9.72 Å². The molecule has 0 spiro atoms. The van der Waals surface area contributed by atoms with Gasteiger partial charge in [-0.2, -0.15) is 0 Å². The minimum atomic E-state index is -0.419. The summed E-state index contributed by atoms with van der Waals surface area (Å²) in [4.78, 5) is 24.3. The van der Waals surface area contributed by atoms with Crippen LogP contribution in [0.4, 0.5) is 5.69 Å². The van der Waals surface area contributed by atoms with Crippen molar-refractivity contribution in [3.8, 4) is 0 Å². The second kappa shape index (κ2) is 7.36. The average molecular weight is 298 g/mol. The van der Waals surface area contributed by atoms with E-state index < -0.39 is 4.92 Å². The van der Waals surface area contributed by atoms with Crippen molar-refractivity contribution in [2.75, 3.05) is 7.05 Å². The number of nitrogens with zero attached hydrogens (tertiary/aromatic N) is 2. The Kier molecular flexibility index (Phi) is 5.25. The fourth-order valence-corrected chi connectivity index (χ4v) is 2.25. The number of aryl methyl sites for hydroxylation is 1. The molecule has 0 aromatic heterocycles. The number of nitro groups is 1. The summed E-state index contributed by atoms with van der Waals surface area (Å²) < 4.78 is 0. The Morgan fingerprint density at radius 2 is 1.73 bits per heavy atom. The second-order valence-corrected chi connectivity index (χ2v) is 5.12. The molecule has 0 radical (unpaired) electrons. The number of benzene rings is 2. The van der Waals surface area contributed by atoms with Crippen LogP contribution in [0.3, 0.4) is 0 Å². The van der Waals surface area contributed by atoms with Crippen LogP contribution in [0, 0.1) is 10.1 Å². The van der Waals surface area contributed by atoms with Crippen LogP contribution in [-0.2, 0) is 17.8 Å². The Bertz CT molecular complexity index is 656. The highest BCUT2D eigenvalue weighted by molar-refractivity contribution is 5.76. The van der Waals surface area contributed by atoms with Crippen molar-refractivity contribution in [1.29, 1.82) is 0 Å². The monoisotopic (exact) mass is 298 g/mol. The molecule has 0 bridgehead atoms. The minimum absolute atomic E-state index is 0.0259. The first kappa shape index (κ1) is 15.7. The number of nitro benzene ring substituents is 1. The number of amides is 1. The summed E-state index contributed by atoms with van der Waals surface area (Å²) in [6, 6.07) is 16.3. The fourth-order valence-electron chi connectivity index (χ4n) is 2.25. The molecule has 0 aliphatic rings. The molecule has 2 aromatic carbocycles. The van der Waals surface area contributed by atoms with E-state index in [0.29, 0.717) is 18.4 Å². The molecule has 0 aliphatic heterocycles. The van der Waals surface area contributed by atoms with Crippen LogP contribution in [0.25, 0.3) is 0 Å². The van der Waals surface area contributed by atoms with Crippen molar-refractivity contribution in [2.45, 2.75) is 19.4 Å². The predicted octanol–water partition coefficient (Wildman–Crippen LogP) is 3.19.